The molecule has 2 rings (SSSR count). The van der Waals surface area contributed by atoms with Crippen LogP contribution in [0, 0.1) is 17.6 Å². The van der Waals surface area contributed by atoms with Crippen molar-refractivity contribution in [3.63, 3.8) is 0 Å². The highest BCUT2D eigenvalue weighted by atomic mass is 19.1. The first-order valence-electron chi connectivity index (χ1n) is 6.99. The fourth-order valence-corrected chi connectivity index (χ4v) is 2.61. The van der Waals surface area contributed by atoms with Gasteiger partial charge in [0, 0.05) is 26.2 Å². The van der Waals surface area contributed by atoms with E-state index in [4.69, 9.17) is 0 Å². The van der Waals surface area contributed by atoms with Crippen LogP contribution >= 0.6 is 0 Å². The molecule has 1 aliphatic heterocycles. The topological polar surface area (TPSA) is 49.9 Å². The molecule has 1 heterocycles. The van der Waals surface area contributed by atoms with E-state index in [-0.39, 0.29) is 18.1 Å². The molecule has 22 heavy (non-hydrogen) atoms. The Morgan fingerprint density at radius 1 is 1.36 bits per heavy atom. The number of hydrogen-bond donors (Lipinski definition) is 0. The van der Waals surface area contributed by atoms with Gasteiger partial charge in [-0.25, -0.2) is 13.6 Å². The van der Waals surface area contributed by atoms with Gasteiger partial charge in [-0.15, -0.1) is 0 Å². The highest BCUT2D eigenvalue weighted by Crippen LogP contribution is 2.24. The third kappa shape index (κ3) is 3.35. The van der Waals surface area contributed by atoms with Gasteiger partial charge in [-0.1, -0.05) is 0 Å². The Morgan fingerprint density at radius 3 is 2.77 bits per heavy atom. The molecule has 5 nitrogen and oxygen atoms in total. The van der Waals surface area contributed by atoms with Crippen molar-refractivity contribution < 1.29 is 23.1 Å². The largest absolute Gasteiger partial charge is 0.453 e. The van der Waals surface area contributed by atoms with Crippen molar-refractivity contribution in [3.8, 4) is 0 Å². The average molecular weight is 312 g/mol. The third-order valence-electron chi connectivity index (χ3n) is 3.80. The number of rotatable bonds is 2. The molecule has 0 aliphatic carbocycles. The van der Waals surface area contributed by atoms with Gasteiger partial charge in [-0.2, -0.15) is 0 Å². The molecule has 0 N–H and O–H groups in total. The normalized spacial score (nSPS) is 18.0. The number of carbonyl (C=O) groups excluding carboxylic acids is 2. The predicted octanol–water partition coefficient (Wildman–Crippen LogP) is 2.41. The molecular weight excluding hydrogens is 294 g/mol. The number of carbonyl (C=O) groups is 2. The van der Waals surface area contributed by atoms with Crippen LogP contribution in [0.5, 0.6) is 0 Å². The van der Waals surface area contributed by atoms with E-state index < -0.39 is 23.6 Å². The number of ether oxygens (including phenoxy) is 1. The lowest BCUT2D eigenvalue weighted by atomic mass is 9.96. The number of piperidine rings is 1. The van der Waals surface area contributed by atoms with Crippen LogP contribution in [0.3, 0.4) is 0 Å². The molecule has 0 bridgehead atoms. The number of halogens is 2. The molecule has 1 fully saturated rings. The van der Waals surface area contributed by atoms with Gasteiger partial charge in [0.05, 0.1) is 18.7 Å². The molecular formula is C15H18F2N2O3. The Balaban J connectivity index is 2.13. The summed E-state index contributed by atoms with van der Waals surface area (Å²) in [6.45, 7) is 0.737. The van der Waals surface area contributed by atoms with Gasteiger partial charge in [0.2, 0.25) is 5.91 Å². The Hall–Kier alpha value is -2.18. The van der Waals surface area contributed by atoms with Gasteiger partial charge in [-0.05, 0) is 25.0 Å². The first-order valence-corrected chi connectivity index (χ1v) is 6.99. The number of hydrogen-bond acceptors (Lipinski definition) is 3. The summed E-state index contributed by atoms with van der Waals surface area (Å²) in [5.74, 6) is -2.09. The fraction of sp³-hybridized carbons (Fsp3) is 0.467. The minimum atomic E-state index is -0.669. The van der Waals surface area contributed by atoms with Crippen LogP contribution in [0.25, 0.3) is 0 Å². The number of benzene rings is 1. The second-order valence-electron chi connectivity index (χ2n) is 5.25. The lowest BCUT2D eigenvalue weighted by molar-refractivity contribution is -0.123. The summed E-state index contributed by atoms with van der Waals surface area (Å²) in [7, 11) is 2.68. The second kappa shape index (κ2) is 6.72. The molecule has 0 saturated carbocycles. The van der Waals surface area contributed by atoms with E-state index in [1.165, 1.54) is 19.1 Å². The summed E-state index contributed by atoms with van der Waals surface area (Å²) in [4.78, 5) is 26.6. The van der Waals surface area contributed by atoms with Gasteiger partial charge in [0.25, 0.3) is 0 Å². The molecule has 7 heteroatoms. The zero-order valence-corrected chi connectivity index (χ0v) is 12.5. The maximum absolute atomic E-state index is 13.8. The molecule has 1 aromatic carbocycles. The molecule has 1 aliphatic rings. The number of anilines is 1. The summed E-state index contributed by atoms with van der Waals surface area (Å²) in [6.07, 6.45) is 0.760. The van der Waals surface area contributed by atoms with Gasteiger partial charge in [-0.3, -0.25) is 4.79 Å². The number of amides is 2. The van der Waals surface area contributed by atoms with Crippen molar-refractivity contribution in [3.05, 3.63) is 29.8 Å². The third-order valence-corrected chi connectivity index (χ3v) is 3.80. The quantitative estimate of drug-likeness (QED) is 0.842. The van der Waals surface area contributed by atoms with Crippen molar-refractivity contribution in [1.82, 2.24) is 4.90 Å². The lowest BCUT2D eigenvalue weighted by Crippen LogP contribution is -2.46. The van der Waals surface area contributed by atoms with Crippen LogP contribution in [0.15, 0.2) is 18.2 Å². The lowest BCUT2D eigenvalue weighted by Gasteiger charge is -2.33. The van der Waals surface area contributed by atoms with Crippen LogP contribution in [0.1, 0.15) is 12.8 Å². The minimum Gasteiger partial charge on any atom is -0.453 e. The van der Waals surface area contributed by atoms with Crippen LogP contribution < -0.4 is 4.90 Å². The predicted molar refractivity (Wildman–Crippen MR) is 76.5 cm³/mol. The average Bonchev–Trinajstić information content (AvgIpc) is 2.55. The minimum absolute atomic E-state index is 0.111. The number of nitrogens with zero attached hydrogens (tertiary/aromatic N) is 2. The van der Waals surface area contributed by atoms with E-state index in [9.17, 15) is 18.4 Å². The van der Waals surface area contributed by atoms with Gasteiger partial charge < -0.3 is 14.5 Å². The first-order chi connectivity index (χ1) is 10.4. The maximum Gasteiger partial charge on any atom is 0.409 e. The van der Waals surface area contributed by atoms with Crippen LogP contribution in [0.2, 0.25) is 0 Å². The monoisotopic (exact) mass is 312 g/mol. The zero-order chi connectivity index (χ0) is 16.3. The Morgan fingerprint density at radius 2 is 2.09 bits per heavy atom. The van der Waals surface area contributed by atoms with Crippen molar-refractivity contribution in [2.75, 3.05) is 32.1 Å². The Bertz CT molecular complexity index is 580. The van der Waals surface area contributed by atoms with Gasteiger partial charge in [0.1, 0.15) is 11.6 Å². The zero-order valence-electron chi connectivity index (χ0n) is 12.5. The van der Waals surface area contributed by atoms with Crippen molar-refractivity contribution in [2.45, 2.75) is 12.8 Å². The van der Waals surface area contributed by atoms with Gasteiger partial charge in [0.15, 0.2) is 0 Å². The summed E-state index contributed by atoms with van der Waals surface area (Å²) < 4.78 is 31.7. The van der Waals surface area contributed by atoms with Crippen LogP contribution in [-0.2, 0) is 9.53 Å². The SMILES string of the molecule is COC(=O)N1CCC[C@@H](C(=O)N(C)c2cc(F)ccc2F)C1. The standard InChI is InChI=1S/C15H18F2N2O3/c1-18(13-8-11(16)5-6-12(13)17)14(20)10-4-3-7-19(9-10)15(21)22-2/h5-6,8,10H,3-4,7,9H2,1-2H3/t10-/m1/s1. The molecule has 1 aromatic rings. The second-order valence-corrected chi connectivity index (χ2v) is 5.25. The molecule has 120 valence electrons. The van der Waals surface area contributed by atoms with E-state index in [0.717, 1.165) is 23.1 Å². The molecule has 0 radical (unpaired) electrons. The molecule has 2 amide bonds. The molecule has 0 spiro atoms. The fourth-order valence-electron chi connectivity index (χ4n) is 2.61. The van der Waals surface area contributed by atoms with Gasteiger partial charge >= 0.3 is 6.09 Å². The Labute approximate surface area is 127 Å². The van der Waals surface area contributed by atoms with Crippen molar-refractivity contribution >= 4 is 17.7 Å². The van der Waals surface area contributed by atoms with E-state index in [2.05, 4.69) is 4.74 Å². The van der Waals surface area contributed by atoms with E-state index in [1.807, 2.05) is 0 Å². The molecule has 1 saturated heterocycles. The van der Waals surface area contributed by atoms with E-state index >= 15 is 0 Å². The number of likely N-dealkylation sites (tertiary alicyclic amines) is 1. The first kappa shape index (κ1) is 16.2. The van der Waals surface area contributed by atoms with Crippen LogP contribution in [0.4, 0.5) is 19.3 Å². The highest BCUT2D eigenvalue weighted by Gasteiger charge is 2.31. The highest BCUT2D eigenvalue weighted by molar-refractivity contribution is 5.95. The summed E-state index contributed by atoms with van der Waals surface area (Å²) in [6, 6.07) is 2.96. The van der Waals surface area contributed by atoms with Crippen LogP contribution in [-0.4, -0.2) is 44.1 Å². The summed E-state index contributed by atoms with van der Waals surface area (Å²) in [5, 5.41) is 0. The Kier molecular flexibility index (Phi) is 4.95. The maximum atomic E-state index is 13.8. The molecule has 1 atom stereocenters. The summed E-state index contributed by atoms with van der Waals surface area (Å²) >= 11 is 0. The smallest absolute Gasteiger partial charge is 0.409 e. The molecule has 0 unspecified atom stereocenters. The van der Waals surface area contributed by atoms with E-state index in [1.54, 1.807) is 0 Å². The number of methoxy groups -OCH3 is 1. The van der Waals surface area contributed by atoms with Crippen molar-refractivity contribution in [1.29, 1.82) is 0 Å². The van der Waals surface area contributed by atoms with Crippen molar-refractivity contribution in [2.24, 2.45) is 5.92 Å². The van der Waals surface area contributed by atoms with E-state index in [0.29, 0.717) is 19.4 Å². The summed E-state index contributed by atoms with van der Waals surface area (Å²) in [5.41, 5.74) is -0.111. The molecule has 0 aromatic heterocycles.